The molecule has 6 rings (SSSR count). The number of fused-ring (bicyclic) bond motifs is 1. The summed E-state index contributed by atoms with van der Waals surface area (Å²) in [7, 11) is 2.88. The molecular formula is C36H37F3N6O6. The Morgan fingerprint density at radius 2 is 1.76 bits per heavy atom. The molecule has 0 saturated carbocycles. The van der Waals surface area contributed by atoms with E-state index < -0.39 is 24.0 Å². The molecule has 0 bridgehead atoms. The number of aromatic nitrogens is 4. The molecule has 15 heteroatoms. The highest BCUT2D eigenvalue weighted by Gasteiger charge is 2.21. The molecule has 0 aliphatic carbocycles. The molecule has 1 amide bonds. The predicted octanol–water partition coefficient (Wildman–Crippen LogP) is 6.41. The van der Waals surface area contributed by atoms with Crippen LogP contribution in [0.4, 0.5) is 18.9 Å². The van der Waals surface area contributed by atoms with Crippen LogP contribution in [0.2, 0.25) is 0 Å². The van der Waals surface area contributed by atoms with E-state index in [9.17, 15) is 18.4 Å². The molecule has 5 aromatic rings. The van der Waals surface area contributed by atoms with Crippen LogP contribution in [-0.4, -0.2) is 70.1 Å². The van der Waals surface area contributed by atoms with Gasteiger partial charge in [-0.2, -0.15) is 13.5 Å². The molecule has 0 unspecified atom stereocenters. The number of methoxy groups -OCH3 is 1. The van der Waals surface area contributed by atoms with Gasteiger partial charge in [-0.3, -0.25) is 14.3 Å². The van der Waals surface area contributed by atoms with Crippen LogP contribution in [0.15, 0.2) is 71.7 Å². The normalized spacial score (nSPS) is 13.8. The average molecular weight is 707 g/mol. The van der Waals surface area contributed by atoms with E-state index in [2.05, 4.69) is 32.0 Å². The Hall–Kier alpha value is -5.57. The van der Waals surface area contributed by atoms with Crippen molar-refractivity contribution < 1.29 is 36.9 Å². The number of carbonyl (C=O) groups excluding carboxylic acids is 1. The number of likely N-dealkylation sites (tertiary alicyclic amines) is 1. The Kier molecular flexibility index (Phi) is 10.7. The van der Waals surface area contributed by atoms with Crippen molar-refractivity contribution in [2.75, 3.05) is 38.7 Å². The number of halogens is 3. The number of benzene rings is 3. The number of anilines is 1. The SMILES string of the molecule is COc1cc2c(Oc3ccc(NC(=O)c4nn(-c5ccc(OC(F)F)cc5)c(=O)n4C)cc3F)ccnc2cc1OCCCN1CCC(C)CC1. The number of rotatable bonds is 13. The third kappa shape index (κ3) is 8.26. The lowest BCUT2D eigenvalue weighted by molar-refractivity contribution is -0.0498. The van der Waals surface area contributed by atoms with Crippen molar-refractivity contribution in [3.63, 3.8) is 0 Å². The van der Waals surface area contributed by atoms with Gasteiger partial charge in [0, 0.05) is 43.0 Å². The summed E-state index contributed by atoms with van der Waals surface area (Å²) in [6.07, 6.45) is 4.87. The molecule has 1 aliphatic rings. The van der Waals surface area contributed by atoms with Gasteiger partial charge in [-0.25, -0.2) is 9.18 Å². The van der Waals surface area contributed by atoms with E-state index in [4.69, 9.17) is 14.2 Å². The maximum Gasteiger partial charge on any atom is 0.387 e. The van der Waals surface area contributed by atoms with Crippen LogP contribution in [0.1, 0.15) is 36.8 Å². The van der Waals surface area contributed by atoms with Crippen molar-refractivity contribution in [3.8, 4) is 34.4 Å². The van der Waals surface area contributed by atoms with E-state index in [1.54, 1.807) is 31.5 Å². The largest absolute Gasteiger partial charge is 0.493 e. The highest BCUT2D eigenvalue weighted by Crippen LogP contribution is 2.38. The van der Waals surface area contributed by atoms with Gasteiger partial charge in [0.25, 0.3) is 5.91 Å². The first-order valence-corrected chi connectivity index (χ1v) is 16.4. The topological polar surface area (TPSA) is 122 Å². The van der Waals surface area contributed by atoms with Crippen LogP contribution in [-0.2, 0) is 7.05 Å². The first-order valence-electron chi connectivity index (χ1n) is 16.4. The molecule has 268 valence electrons. The molecule has 2 aromatic heterocycles. The summed E-state index contributed by atoms with van der Waals surface area (Å²) >= 11 is 0. The molecule has 0 radical (unpaired) electrons. The molecule has 1 aliphatic heterocycles. The third-order valence-electron chi connectivity index (χ3n) is 8.64. The Morgan fingerprint density at radius 1 is 1.00 bits per heavy atom. The number of hydrogen-bond donors (Lipinski definition) is 1. The minimum atomic E-state index is -3.00. The molecule has 12 nitrogen and oxygen atoms in total. The van der Waals surface area contributed by atoms with Crippen LogP contribution < -0.4 is 30.0 Å². The van der Waals surface area contributed by atoms with Crippen molar-refractivity contribution in [1.82, 2.24) is 24.2 Å². The van der Waals surface area contributed by atoms with E-state index >= 15 is 4.39 Å². The van der Waals surface area contributed by atoms with E-state index in [1.165, 1.54) is 56.3 Å². The number of alkyl halides is 2. The number of nitrogens with zero attached hydrogens (tertiary/aromatic N) is 5. The van der Waals surface area contributed by atoms with Crippen molar-refractivity contribution in [1.29, 1.82) is 0 Å². The number of nitrogens with one attached hydrogen (secondary N) is 1. The van der Waals surface area contributed by atoms with Crippen molar-refractivity contribution in [2.24, 2.45) is 13.0 Å². The minimum Gasteiger partial charge on any atom is -0.493 e. The molecule has 51 heavy (non-hydrogen) atoms. The fraction of sp³-hybridized carbons (Fsp3) is 0.333. The number of carbonyl (C=O) groups is 1. The van der Waals surface area contributed by atoms with Gasteiger partial charge in [-0.1, -0.05) is 6.92 Å². The molecule has 0 atom stereocenters. The van der Waals surface area contributed by atoms with Crippen LogP contribution in [0.25, 0.3) is 16.6 Å². The number of amides is 1. The molecule has 0 spiro atoms. The van der Waals surface area contributed by atoms with E-state index in [0.717, 1.165) is 47.3 Å². The molecular weight excluding hydrogens is 669 g/mol. The first kappa shape index (κ1) is 35.3. The van der Waals surface area contributed by atoms with Crippen molar-refractivity contribution in [2.45, 2.75) is 32.8 Å². The first-order chi connectivity index (χ1) is 24.6. The summed E-state index contributed by atoms with van der Waals surface area (Å²) in [6.45, 7) is 3.01. The highest BCUT2D eigenvalue weighted by molar-refractivity contribution is 6.01. The molecule has 3 aromatic carbocycles. The van der Waals surface area contributed by atoms with Gasteiger partial charge < -0.3 is 29.2 Å². The summed E-state index contributed by atoms with van der Waals surface area (Å²) in [6, 6.07) is 14.1. The standard InChI is InChI=1S/C36H37F3N6O6/c1-22-12-16-44(17-13-22)15-4-18-49-32-21-28-26(20-31(32)48-3)29(11-14-40-28)51-30-10-5-23(19-27(30)37)41-34(46)33-42-45(36(47)43(33)2)24-6-8-25(9-7-24)50-35(38)39/h5-11,14,19-22,35H,4,12-13,15-18H2,1-3H3,(H,41,46). The van der Waals surface area contributed by atoms with Crippen LogP contribution in [0.3, 0.4) is 0 Å². The average Bonchev–Trinajstić information content (AvgIpc) is 3.41. The maximum atomic E-state index is 15.3. The summed E-state index contributed by atoms with van der Waals surface area (Å²) < 4.78 is 64.2. The Labute approximate surface area is 291 Å². The number of pyridine rings is 1. The minimum absolute atomic E-state index is 0.0817. The highest BCUT2D eigenvalue weighted by atomic mass is 19.3. The van der Waals surface area contributed by atoms with E-state index in [-0.39, 0.29) is 28.7 Å². The van der Waals surface area contributed by atoms with E-state index in [1.807, 2.05) is 0 Å². The Morgan fingerprint density at radius 3 is 2.47 bits per heavy atom. The maximum absolute atomic E-state index is 15.3. The van der Waals surface area contributed by atoms with Gasteiger partial charge in [0.05, 0.1) is 24.9 Å². The van der Waals surface area contributed by atoms with Crippen molar-refractivity contribution >= 4 is 22.5 Å². The third-order valence-corrected chi connectivity index (χ3v) is 8.64. The van der Waals surface area contributed by atoms with Gasteiger partial charge in [-0.15, -0.1) is 5.10 Å². The summed E-state index contributed by atoms with van der Waals surface area (Å²) in [5.74, 6) is 0.108. The lowest BCUT2D eigenvalue weighted by atomic mass is 9.99. The molecule has 1 N–H and O–H groups in total. The lowest BCUT2D eigenvalue weighted by Crippen LogP contribution is -2.34. The Bertz CT molecular complexity index is 2060. The summed E-state index contributed by atoms with van der Waals surface area (Å²) in [5.41, 5.74) is 0.199. The zero-order chi connectivity index (χ0) is 36.1. The molecule has 1 fully saturated rings. The van der Waals surface area contributed by atoms with Crippen molar-refractivity contribution in [3.05, 3.63) is 89.0 Å². The van der Waals surface area contributed by atoms with Gasteiger partial charge in [0.15, 0.2) is 23.1 Å². The quantitative estimate of drug-likeness (QED) is 0.138. The number of piperidine rings is 1. The second-order valence-electron chi connectivity index (χ2n) is 12.2. The zero-order valence-corrected chi connectivity index (χ0v) is 28.3. The van der Waals surface area contributed by atoms with Crippen LogP contribution >= 0.6 is 0 Å². The zero-order valence-electron chi connectivity index (χ0n) is 28.3. The summed E-state index contributed by atoms with van der Waals surface area (Å²) in [4.78, 5) is 32.8. The predicted molar refractivity (Wildman–Crippen MR) is 183 cm³/mol. The lowest BCUT2D eigenvalue weighted by Gasteiger charge is -2.30. The van der Waals surface area contributed by atoms with Gasteiger partial charge in [0.2, 0.25) is 5.82 Å². The van der Waals surface area contributed by atoms with Gasteiger partial charge in [-0.05, 0) is 86.8 Å². The fourth-order valence-electron chi connectivity index (χ4n) is 5.78. The van der Waals surface area contributed by atoms with Crippen LogP contribution in [0, 0.1) is 11.7 Å². The smallest absolute Gasteiger partial charge is 0.387 e. The summed E-state index contributed by atoms with van der Waals surface area (Å²) in [5, 5.41) is 7.18. The second kappa shape index (κ2) is 15.5. The molecule has 1 saturated heterocycles. The second-order valence-corrected chi connectivity index (χ2v) is 12.2. The number of ether oxygens (including phenoxy) is 4. The molecule has 3 heterocycles. The van der Waals surface area contributed by atoms with Crippen LogP contribution in [0.5, 0.6) is 28.7 Å². The fourth-order valence-corrected chi connectivity index (χ4v) is 5.78. The Balaban J connectivity index is 1.12. The van der Waals surface area contributed by atoms with E-state index in [0.29, 0.717) is 34.8 Å². The number of hydrogen-bond acceptors (Lipinski definition) is 9. The van der Waals surface area contributed by atoms with Gasteiger partial charge >= 0.3 is 12.3 Å². The van der Waals surface area contributed by atoms with Gasteiger partial charge in [0.1, 0.15) is 11.5 Å². The monoisotopic (exact) mass is 706 g/mol.